The Hall–Kier alpha value is -1.00. The second-order valence-electron chi connectivity index (χ2n) is 4.91. The summed E-state index contributed by atoms with van der Waals surface area (Å²) in [5.74, 6) is -2.62. The maximum atomic E-state index is 14.4. The summed E-state index contributed by atoms with van der Waals surface area (Å²) in [6.45, 7) is 1.59. The molecule has 1 aliphatic heterocycles. The van der Waals surface area contributed by atoms with Crippen LogP contribution < -0.4 is 5.32 Å². The monoisotopic (exact) mass is 267 g/mol. The normalized spacial score (nSPS) is 20.7. The van der Waals surface area contributed by atoms with E-state index < -0.39 is 5.92 Å². The summed E-state index contributed by atoms with van der Waals surface area (Å²) in [7, 11) is 0. The Balaban J connectivity index is 1.91. The number of hydrogen-bond acceptors (Lipinski definition) is 2. The topological polar surface area (TPSA) is 12.0 Å². The van der Waals surface area contributed by atoms with Gasteiger partial charge in [-0.3, -0.25) is 0 Å². The van der Waals surface area contributed by atoms with Crippen LogP contribution in [0, 0.1) is 5.92 Å². The lowest BCUT2D eigenvalue weighted by Crippen LogP contribution is -2.20. The van der Waals surface area contributed by atoms with Gasteiger partial charge in [-0.05, 0) is 31.5 Å². The van der Waals surface area contributed by atoms with Gasteiger partial charge in [0.2, 0.25) is 0 Å². The highest BCUT2D eigenvalue weighted by atomic mass is 32.1. The highest BCUT2D eigenvalue weighted by Gasteiger charge is 2.37. The molecule has 1 aromatic heterocycles. The second kappa shape index (κ2) is 4.59. The first-order chi connectivity index (χ1) is 8.67. The van der Waals surface area contributed by atoms with E-state index >= 15 is 0 Å². The number of thiophene rings is 1. The summed E-state index contributed by atoms with van der Waals surface area (Å²) < 4.78 is 29.6. The fraction of sp³-hybridized carbons (Fsp3) is 0.429. The van der Waals surface area contributed by atoms with Gasteiger partial charge in [0.1, 0.15) is 0 Å². The van der Waals surface area contributed by atoms with Crippen molar-refractivity contribution in [3.8, 4) is 0 Å². The Kier molecular flexibility index (Phi) is 3.08. The van der Waals surface area contributed by atoms with Crippen LogP contribution in [0.5, 0.6) is 0 Å². The molecule has 2 heterocycles. The molecular weight excluding hydrogens is 252 g/mol. The van der Waals surface area contributed by atoms with Crippen molar-refractivity contribution in [3.63, 3.8) is 0 Å². The van der Waals surface area contributed by atoms with Crippen LogP contribution in [0.2, 0.25) is 0 Å². The van der Waals surface area contributed by atoms with Crippen LogP contribution in [-0.2, 0) is 5.92 Å². The number of benzene rings is 1. The first kappa shape index (κ1) is 12.1. The van der Waals surface area contributed by atoms with Gasteiger partial charge in [-0.25, -0.2) is 8.78 Å². The third-order valence-electron chi connectivity index (χ3n) is 3.58. The van der Waals surface area contributed by atoms with Gasteiger partial charge in [0.25, 0.3) is 5.92 Å². The Bertz CT molecular complexity index is 543. The van der Waals surface area contributed by atoms with Gasteiger partial charge in [-0.2, -0.15) is 0 Å². The predicted molar refractivity (Wildman–Crippen MR) is 71.3 cm³/mol. The molecule has 3 rings (SSSR count). The molecular formula is C14H15F2NS. The molecule has 96 valence electrons. The Morgan fingerprint density at radius 2 is 2.17 bits per heavy atom. The lowest BCUT2D eigenvalue weighted by Gasteiger charge is -2.19. The van der Waals surface area contributed by atoms with Crippen LogP contribution in [0.25, 0.3) is 10.1 Å². The van der Waals surface area contributed by atoms with E-state index in [0.717, 1.165) is 24.2 Å². The van der Waals surface area contributed by atoms with Crippen molar-refractivity contribution in [2.24, 2.45) is 5.92 Å². The summed E-state index contributed by atoms with van der Waals surface area (Å²) in [6, 6.07) is 7.41. The van der Waals surface area contributed by atoms with E-state index in [1.165, 1.54) is 11.3 Å². The van der Waals surface area contributed by atoms with Crippen molar-refractivity contribution in [1.29, 1.82) is 0 Å². The average Bonchev–Trinajstić information content (AvgIpc) is 2.96. The van der Waals surface area contributed by atoms with Gasteiger partial charge in [0.15, 0.2) is 0 Å². The minimum absolute atomic E-state index is 0.0409. The van der Waals surface area contributed by atoms with Crippen LogP contribution in [0.3, 0.4) is 0 Å². The van der Waals surface area contributed by atoms with E-state index in [2.05, 4.69) is 5.32 Å². The third-order valence-corrected chi connectivity index (χ3v) is 4.55. The number of alkyl halides is 2. The van der Waals surface area contributed by atoms with E-state index in [0.29, 0.717) is 5.39 Å². The van der Waals surface area contributed by atoms with Crippen LogP contribution in [0.4, 0.5) is 8.78 Å². The first-order valence-electron chi connectivity index (χ1n) is 6.22. The molecule has 0 spiro atoms. The van der Waals surface area contributed by atoms with Crippen molar-refractivity contribution in [2.45, 2.75) is 18.8 Å². The van der Waals surface area contributed by atoms with E-state index in [4.69, 9.17) is 0 Å². The standard InChI is InChI=1S/C14H15F2NS/c15-14(16,7-10-5-6-17-8-10)12-9-18-13-4-2-1-3-11(12)13/h1-4,9-10,17H,5-8H2. The van der Waals surface area contributed by atoms with Gasteiger partial charge in [0, 0.05) is 27.5 Å². The fourth-order valence-corrected chi connectivity index (χ4v) is 3.63. The Labute approximate surface area is 109 Å². The predicted octanol–water partition coefficient (Wildman–Crippen LogP) is 3.99. The largest absolute Gasteiger partial charge is 0.316 e. The number of hydrogen-bond donors (Lipinski definition) is 1. The fourth-order valence-electron chi connectivity index (χ4n) is 2.62. The summed E-state index contributed by atoms with van der Waals surface area (Å²) in [5, 5.41) is 5.47. The molecule has 4 heteroatoms. The van der Waals surface area contributed by atoms with E-state index in [1.54, 1.807) is 11.4 Å². The van der Waals surface area contributed by atoms with Crippen LogP contribution in [0.15, 0.2) is 29.6 Å². The van der Waals surface area contributed by atoms with Crippen LogP contribution in [0.1, 0.15) is 18.4 Å². The molecule has 1 nitrogen and oxygen atoms in total. The summed E-state index contributed by atoms with van der Waals surface area (Å²) in [5.41, 5.74) is 0.204. The van der Waals surface area contributed by atoms with Gasteiger partial charge in [0.05, 0.1) is 0 Å². The molecule has 1 saturated heterocycles. The first-order valence-corrected chi connectivity index (χ1v) is 7.10. The number of nitrogens with one attached hydrogen (secondary N) is 1. The average molecular weight is 267 g/mol. The molecule has 0 radical (unpaired) electrons. The maximum Gasteiger partial charge on any atom is 0.274 e. The summed E-state index contributed by atoms with van der Waals surface area (Å²) in [4.78, 5) is 0. The molecule has 1 N–H and O–H groups in total. The quantitative estimate of drug-likeness (QED) is 0.886. The highest BCUT2D eigenvalue weighted by Crippen LogP contribution is 2.42. The molecule has 1 aromatic carbocycles. The summed E-state index contributed by atoms with van der Waals surface area (Å²) in [6.07, 6.45) is 0.818. The van der Waals surface area contributed by atoms with Gasteiger partial charge in [-0.1, -0.05) is 18.2 Å². The summed E-state index contributed by atoms with van der Waals surface area (Å²) >= 11 is 1.40. The maximum absolute atomic E-state index is 14.4. The van der Waals surface area contributed by atoms with E-state index in [-0.39, 0.29) is 17.9 Å². The molecule has 2 aromatic rings. The van der Waals surface area contributed by atoms with Crippen molar-refractivity contribution in [3.05, 3.63) is 35.2 Å². The second-order valence-corrected chi connectivity index (χ2v) is 5.82. The molecule has 0 amide bonds. The zero-order valence-electron chi connectivity index (χ0n) is 9.96. The zero-order valence-corrected chi connectivity index (χ0v) is 10.8. The van der Waals surface area contributed by atoms with Crippen molar-refractivity contribution in [2.75, 3.05) is 13.1 Å². The van der Waals surface area contributed by atoms with Crippen molar-refractivity contribution >= 4 is 21.4 Å². The number of rotatable bonds is 3. The van der Waals surface area contributed by atoms with E-state index in [9.17, 15) is 8.78 Å². The van der Waals surface area contributed by atoms with Crippen molar-refractivity contribution in [1.82, 2.24) is 5.32 Å². The lowest BCUT2D eigenvalue weighted by atomic mass is 9.95. The molecule has 0 aliphatic carbocycles. The zero-order chi connectivity index (χ0) is 12.6. The Morgan fingerprint density at radius 3 is 2.94 bits per heavy atom. The van der Waals surface area contributed by atoms with Crippen molar-refractivity contribution < 1.29 is 8.78 Å². The molecule has 1 unspecified atom stereocenters. The molecule has 0 saturated carbocycles. The van der Waals surface area contributed by atoms with Crippen LogP contribution >= 0.6 is 11.3 Å². The van der Waals surface area contributed by atoms with Gasteiger partial charge < -0.3 is 5.32 Å². The highest BCUT2D eigenvalue weighted by molar-refractivity contribution is 7.17. The smallest absolute Gasteiger partial charge is 0.274 e. The molecule has 1 fully saturated rings. The van der Waals surface area contributed by atoms with E-state index in [1.807, 2.05) is 18.2 Å². The minimum Gasteiger partial charge on any atom is -0.316 e. The SMILES string of the molecule is FC(F)(CC1CCNC1)c1csc2ccccc12. The Morgan fingerprint density at radius 1 is 1.33 bits per heavy atom. The van der Waals surface area contributed by atoms with Gasteiger partial charge >= 0.3 is 0 Å². The third kappa shape index (κ3) is 2.15. The molecule has 1 aliphatic rings. The molecule has 0 bridgehead atoms. The molecule has 1 atom stereocenters. The minimum atomic E-state index is -2.71. The molecule has 18 heavy (non-hydrogen) atoms. The lowest BCUT2D eigenvalue weighted by molar-refractivity contribution is -0.0250. The van der Waals surface area contributed by atoms with Crippen LogP contribution in [-0.4, -0.2) is 13.1 Å². The number of fused-ring (bicyclic) bond motifs is 1. The van der Waals surface area contributed by atoms with Gasteiger partial charge in [-0.15, -0.1) is 11.3 Å². The number of halogens is 2.